The van der Waals surface area contributed by atoms with Crippen molar-refractivity contribution in [2.45, 2.75) is 81.6 Å². The summed E-state index contributed by atoms with van der Waals surface area (Å²) in [4.78, 5) is 35.8. The smallest absolute Gasteiger partial charge is 0.404 e. The number of nitrogens with zero attached hydrogens (tertiary/aromatic N) is 5. The lowest BCUT2D eigenvalue weighted by molar-refractivity contribution is -0.151. The molecule has 0 bridgehead atoms. The van der Waals surface area contributed by atoms with Crippen LogP contribution in [-0.2, 0) is 16.1 Å². The van der Waals surface area contributed by atoms with E-state index < -0.39 is 17.9 Å². The van der Waals surface area contributed by atoms with Gasteiger partial charge >= 0.3 is 6.09 Å². The van der Waals surface area contributed by atoms with Crippen molar-refractivity contribution < 1.29 is 27.9 Å². The van der Waals surface area contributed by atoms with Crippen molar-refractivity contribution in [2.24, 2.45) is 23.7 Å². The van der Waals surface area contributed by atoms with Crippen LogP contribution in [0.3, 0.4) is 0 Å². The molecule has 2 N–H and O–H groups in total. The average Bonchev–Trinajstić information content (AvgIpc) is 3.85. The normalized spacial score (nSPS) is 26.8. The molecule has 5 heterocycles. The fourth-order valence-corrected chi connectivity index (χ4v) is 11.5. The molecule has 4 atom stereocenters. The lowest BCUT2D eigenvalue weighted by Gasteiger charge is -2.53. The van der Waals surface area contributed by atoms with Crippen LogP contribution in [0.25, 0.3) is 0 Å². The molecule has 5 aliphatic heterocycles. The highest BCUT2D eigenvalue weighted by molar-refractivity contribution is 5.88. The van der Waals surface area contributed by atoms with Crippen LogP contribution in [-0.4, -0.2) is 128 Å². The Morgan fingerprint density at radius 2 is 1.50 bits per heavy atom. The van der Waals surface area contributed by atoms with Crippen LogP contribution in [0.15, 0.2) is 60.7 Å². The lowest BCUT2D eigenvalue weighted by atomic mass is 9.57. The van der Waals surface area contributed by atoms with Gasteiger partial charge in [-0.05, 0) is 138 Å². The van der Waals surface area contributed by atoms with Crippen LogP contribution in [0.5, 0.6) is 0 Å². The number of anilines is 1. The van der Waals surface area contributed by atoms with E-state index in [1.165, 1.54) is 30.2 Å². The Morgan fingerprint density at radius 1 is 0.759 bits per heavy atom. The Morgan fingerprint density at radius 3 is 2.19 bits per heavy atom. The van der Waals surface area contributed by atoms with E-state index in [1.807, 2.05) is 24.3 Å². The van der Waals surface area contributed by atoms with Crippen molar-refractivity contribution in [2.75, 3.05) is 90.0 Å². The van der Waals surface area contributed by atoms with Gasteiger partial charge in [0.25, 0.3) is 5.92 Å². The highest BCUT2D eigenvalue weighted by atomic mass is 19.3. The average molecular weight is 805 g/mol. The third kappa shape index (κ3) is 8.94. The zero-order valence-electron chi connectivity index (χ0n) is 34.1. The van der Waals surface area contributed by atoms with Gasteiger partial charge in [-0.2, -0.15) is 0 Å². The van der Waals surface area contributed by atoms with Gasteiger partial charge in [-0.3, -0.25) is 9.69 Å². The van der Waals surface area contributed by atoms with E-state index >= 15 is 8.78 Å². The summed E-state index contributed by atoms with van der Waals surface area (Å²) in [6.45, 7) is 10.5. The zero-order valence-corrected chi connectivity index (χ0v) is 34.1. The molecule has 9 nitrogen and oxygen atoms in total. The van der Waals surface area contributed by atoms with Gasteiger partial charge in [0.2, 0.25) is 5.91 Å². The minimum Gasteiger partial charge on any atom is -0.465 e. The van der Waals surface area contributed by atoms with E-state index in [4.69, 9.17) is 0 Å². The second kappa shape index (κ2) is 17.9. The van der Waals surface area contributed by atoms with Crippen LogP contribution >= 0.6 is 0 Å². The van der Waals surface area contributed by atoms with Crippen LogP contribution in [0.1, 0.15) is 75.3 Å². The Kier molecular flexibility index (Phi) is 12.7. The number of likely N-dealkylation sites (tertiary alicyclic amines) is 4. The number of carbonyl (C=O) groups excluding carboxylic acids is 1. The molecule has 316 valence electrons. The van der Waals surface area contributed by atoms with Crippen molar-refractivity contribution in [3.63, 3.8) is 0 Å². The van der Waals surface area contributed by atoms with Gasteiger partial charge < -0.3 is 30.0 Å². The molecule has 6 aliphatic rings. The molecule has 0 spiro atoms. The summed E-state index contributed by atoms with van der Waals surface area (Å²) in [5.74, 6) is -3.42. The van der Waals surface area contributed by atoms with Crippen molar-refractivity contribution in [3.8, 4) is 0 Å². The molecule has 2 unspecified atom stereocenters. The fraction of sp³-hybridized carbons (Fsp3) is 0.652. The van der Waals surface area contributed by atoms with Gasteiger partial charge in [0.15, 0.2) is 0 Å². The number of piperidine rings is 2. The van der Waals surface area contributed by atoms with Gasteiger partial charge in [0.05, 0.1) is 5.92 Å². The van der Waals surface area contributed by atoms with E-state index in [0.717, 1.165) is 128 Å². The highest BCUT2D eigenvalue weighted by Gasteiger charge is 2.53. The monoisotopic (exact) mass is 804 g/mol. The van der Waals surface area contributed by atoms with Crippen LogP contribution in [0.4, 0.5) is 23.7 Å². The summed E-state index contributed by atoms with van der Waals surface area (Å²) in [5.41, 5.74) is 1.66. The predicted molar refractivity (Wildman–Crippen MR) is 221 cm³/mol. The third-order valence-electron chi connectivity index (χ3n) is 14.8. The molecule has 58 heavy (non-hydrogen) atoms. The van der Waals surface area contributed by atoms with E-state index in [0.29, 0.717) is 11.8 Å². The van der Waals surface area contributed by atoms with E-state index in [2.05, 4.69) is 31.0 Å². The Hall–Kier alpha value is -3.61. The topological polar surface area (TPSA) is 82.6 Å². The SMILES string of the molecule is O=C(O)N[C@H]1CCC[C@@H]1C(CN1CCC1)(c1cccc(F)c1)C1CCN(CC2CCN(c3ccc(C(F)(F)C4CN(C(=O)/C=C/CN5CCCCC5)C4)cc3)C2)CC1. The number of benzene rings is 2. The first kappa shape index (κ1) is 41.1. The fourth-order valence-electron chi connectivity index (χ4n) is 11.5. The molecule has 1 aliphatic carbocycles. The van der Waals surface area contributed by atoms with Gasteiger partial charge in [-0.25, -0.2) is 18.0 Å². The molecule has 2 aromatic rings. The second-order valence-electron chi connectivity index (χ2n) is 18.3. The minimum atomic E-state index is -3.00. The second-order valence-corrected chi connectivity index (χ2v) is 18.3. The van der Waals surface area contributed by atoms with E-state index in [-0.39, 0.29) is 47.8 Å². The first-order chi connectivity index (χ1) is 28.1. The molecule has 1 saturated carbocycles. The number of rotatable bonds is 14. The van der Waals surface area contributed by atoms with Gasteiger partial charge in [0.1, 0.15) is 5.82 Å². The maximum absolute atomic E-state index is 15.6. The standard InChI is InChI=1S/C46H63F3N6O3/c47-39-9-4-8-37(28-39)45(33-53-23-7-24-53,41-10-5-11-42(41)50-44(57)58)35-18-25-52(26-19-35)29-34-17-27-54(30-34)40-15-13-36(14-16-40)46(48,49)38-31-55(32-38)43(56)12-6-22-51-20-2-1-3-21-51/h4,6,8-9,12-16,28,34-35,38,41-42,50H,1-3,5,7,10-11,17-27,29-33H2,(H,57,58)/b12-6+/t34?,41-,42-,45?/m0/s1. The number of hydrogen-bond acceptors (Lipinski definition) is 6. The summed E-state index contributed by atoms with van der Waals surface area (Å²) in [5, 5.41) is 12.7. The van der Waals surface area contributed by atoms with Gasteiger partial charge in [0, 0.05) is 74.6 Å². The number of nitrogens with one attached hydrogen (secondary N) is 1. The molecule has 8 rings (SSSR count). The Labute approximate surface area is 342 Å². The minimum absolute atomic E-state index is 0.0127. The Bertz CT molecular complexity index is 1740. The largest absolute Gasteiger partial charge is 0.465 e. The maximum atomic E-state index is 15.6. The number of carboxylic acid groups (broad SMARTS) is 1. The summed E-state index contributed by atoms with van der Waals surface area (Å²) >= 11 is 0. The molecular formula is C46H63F3N6O3. The Balaban J connectivity index is 0.849. The van der Waals surface area contributed by atoms with Crippen LogP contribution < -0.4 is 10.2 Å². The van der Waals surface area contributed by atoms with E-state index in [9.17, 15) is 19.1 Å². The van der Waals surface area contributed by atoms with Crippen LogP contribution in [0.2, 0.25) is 0 Å². The van der Waals surface area contributed by atoms with Crippen molar-refractivity contribution in [1.82, 2.24) is 24.9 Å². The zero-order chi connectivity index (χ0) is 40.3. The van der Waals surface area contributed by atoms with Gasteiger partial charge in [-0.15, -0.1) is 0 Å². The molecule has 0 radical (unpaired) electrons. The predicted octanol–water partition coefficient (Wildman–Crippen LogP) is 7.04. The molecule has 12 heteroatoms. The quantitative estimate of drug-likeness (QED) is 0.199. The van der Waals surface area contributed by atoms with Crippen LogP contribution in [0, 0.1) is 29.5 Å². The summed E-state index contributed by atoms with van der Waals surface area (Å²) in [6, 6.07) is 13.8. The molecule has 2 amide bonds. The summed E-state index contributed by atoms with van der Waals surface area (Å²) < 4.78 is 46.2. The third-order valence-corrected chi connectivity index (χ3v) is 14.8. The summed E-state index contributed by atoms with van der Waals surface area (Å²) in [6.07, 6.45) is 13.0. The number of amides is 2. The van der Waals surface area contributed by atoms with Crippen molar-refractivity contribution >= 4 is 17.7 Å². The van der Waals surface area contributed by atoms with Gasteiger partial charge in [-0.1, -0.05) is 43.2 Å². The first-order valence-electron chi connectivity index (χ1n) is 22.2. The molecule has 2 aromatic carbocycles. The molecule has 6 fully saturated rings. The highest BCUT2D eigenvalue weighted by Crippen LogP contribution is 2.52. The maximum Gasteiger partial charge on any atom is 0.404 e. The number of hydrogen-bond donors (Lipinski definition) is 2. The molecule has 0 aromatic heterocycles. The lowest BCUT2D eigenvalue weighted by Crippen LogP contribution is -2.59. The van der Waals surface area contributed by atoms with E-state index in [1.54, 1.807) is 24.3 Å². The van der Waals surface area contributed by atoms with Crippen molar-refractivity contribution in [1.29, 1.82) is 0 Å². The molecule has 5 saturated heterocycles. The number of alkyl halides is 2. The summed E-state index contributed by atoms with van der Waals surface area (Å²) in [7, 11) is 0. The van der Waals surface area contributed by atoms with Crippen molar-refractivity contribution in [3.05, 3.63) is 77.6 Å². The first-order valence-corrected chi connectivity index (χ1v) is 22.2. The number of halogens is 3. The number of carbonyl (C=O) groups is 2. The molecular weight excluding hydrogens is 742 g/mol.